The predicted molar refractivity (Wildman–Crippen MR) is 120 cm³/mol. The van der Waals surface area contributed by atoms with Crippen molar-refractivity contribution in [1.29, 1.82) is 0 Å². The van der Waals surface area contributed by atoms with Gasteiger partial charge in [-0.1, -0.05) is 0 Å². The molecule has 4 rings (SSSR count). The Labute approximate surface area is 189 Å². The molecule has 0 bridgehead atoms. The maximum Gasteiger partial charge on any atom is 0.241 e. The van der Waals surface area contributed by atoms with Gasteiger partial charge in [0, 0.05) is 45.3 Å². The van der Waals surface area contributed by atoms with Crippen LogP contribution in [0.25, 0.3) is 0 Å². The summed E-state index contributed by atoms with van der Waals surface area (Å²) in [5, 5.41) is 2.87. The van der Waals surface area contributed by atoms with Crippen molar-refractivity contribution in [1.82, 2.24) is 9.88 Å². The lowest BCUT2D eigenvalue weighted by atomic mass is 9.92. The maximum atomic E-state index is 12.4. The van der Waals surface area contributed by atoms with Gasteiger partial charge in [0.1, 0.15) is 5.82 Å². The lowest BCUT2D eigenvalue weighted by molar-refractivity contribution is -0.132. The lowest BCUT2D eigenvalue weighted by Crippen LogP contribution is -2.49. The highest BCUT2D eigenvalue weighted by molar-refractivity contribution is 5.94. The molecule has 1 atom stereocenters. The van der Waals surface area contributed by atoms with Crippen LogP contribution in [0.1, 0.15) is 25.7 Å². The molecule has 3 N–H and O–H groups in total. The summed E-state index contributed by atoms with van der Waals surface area (Å²) < 4.78 is 5.33. The van der Waals surface area contributed by atoms with Crippen molar-refractivity contribution in [3.63, 3.8) is 0 Å². The Kier molecular flexibility index (Phi) is 9.15. The second kappa shape index (κ2) is 11.1. The molecule has 3 aliphatic rings. The molecule has 30 heavy (non-hydrogen) atoms. The first-order chi connectivity index (χ1) is 13.6. The third kappa shape index (κ3) is 5.97. The topological polar surface area (TPSA) is 101 Å². The second-order valence-electron chi connectivity index (χ2n) is 7.96. The summed E-state index contributed by atoms with van der Waals surface area (Å²) in [7, 11) is 0. The number of hydrogen-bond acceptors (Lipinski definition) is 6. The van der Waals surface area contributed by atoms with Gasteiger partial charge >= 0.3 is 0 Å². The van der Waals surface area contributed by atoms with Crippen molar-refractivity contribution >= 4 is 48.1 Å². The summed E-state index contributed by atoms with van der Waals surface area (Å²) in [6.45, 7) is 4.39. The van der Waals surface area contributed by atoms with E-state index in [0.29, 0.717) is 24.8 Å². The Morgan fingerprint density at radius 3 is 2.30 bits per heavy atom. The number of aromatic nitrogens is 1. The summed E-state index contributed by atoms with van der Waals surface area (Å²) in [4.78, 5) is 33.2. The van der Waals surface area contributed by atoms with Crippen LogP contribution in [0.3, 0.4) is 0 Å². The molecule has 2 saturated heterocycles. The molecule has 8 nitrogen and oxygen atoms in total. The fraction of sp³-hybridized carbons (Fsp3) is 0.650. The van der Waals surface area contributed by atoms with Crippen molar-refractivity contribution in [2.24, 2.45) is 17.6 Å². The number of carbonyl (C=O) groups is 2. The average Bonchev–Trinajstić information content (AvgIpc) is 3.59. The Bertz CT molecular complexity index is 703. The van der Waals surface area contributed by atoms with Crippen LogP contribution in [0.15, 0.2) is 18.3 Å². The summed E-state index contributed by atoms with van der Waals surface area (Å²) in [6, 6.07) is 3.24. The van der Waals surface area contributed by atoms with Crippen LogP contribution in [0.5, 0.6) is 0 Å². The van der Waals surface area contributed by atoms with Crippen LogP contribution in [0.2, 0.25) is 0 Å². The van der Waals surface area contributed by atoms with Gasteiger partial charge in [-0.3, -0.25) is 9.59 Å². The first-order valence-electron chi connectivity index (χ1n) is 10.3. The largest absolute Gasteiger partial charge is 0.381 e. The van der Waals surface area contributed by atoms with E-state index in [2.05, 4.69) is 15.2 Å². The summed E-state index contributed by atoms with van der Waals surface area (Å²) in [5.74, 6) is 1.45. The van der Waals surface area contributed by atoms with Gasteiger partial charge in [0.05, 0.1) is 17.9 Å². The van der Waals surface area contributed by atoms with Crippen molar-refractivity contribution in [2.75, 3.05) is 49.6 Å². The van der Waals surface area contributed by atoms with Crippen molar-refractivity contribution in [2.45, 2.75) is 31.7 Å². The average molecular weight is 460 g/mol. The Morgan fingerprint density at radius 2 is 1.73 bits per heavy atom. The van der Waals surface area contributed by atoms with E-state index in [1.54, 1.807) is 6.20 Å². The number of anilines is 2. The van der Waals surface area contributed by atoms with E-state index >= 15 is 0 Å². The Hall–Kier alpha value is -1.61. The normalized spacial score (nSPS) is 20.6. The maximum absolute atomic E-state index is 12.4. The summed E-state index contributed by atoms with van der Waals surface area (Å²) in [6.07, 6.45) is 5.41. The Balaban J connectivity index is 0.00000160. The van der Waals surface area contributed by atoms with E-state index < -0.39 is 6.04 Å². The molecule has 1 aliphatic carbocycles. The monoisotopic (exact) mass is 459 g/mol. The fourth-order valence-electron chi connectivity index (χ4n) is 3.91. The van der Waals surface area contributed by atoms with E-state index in [9.17, 15) is 9.59 Å². The molecule has 0 spiro atoms. The highest BCUT2D eigenvalue weighted by atomic mass is 35.5. The van der Waals surface area contributed by atoms with Gasteiger partial charge < -0.3 is 25.6 Å². The standard InChI is InChI=1S/C20H29N5O3.2ClH/c21-18(14-5-11-28-12-6-14)19(26)23-16-3-4-17(22-13-16)24-7-9-25(10-8-24)20(27)15-1-2-15;;/h3-4,13-15,18H,1-2,5-12,21H2,(H,23,26);2*1H. The van der Waals surface area contributed by atoms with Gasteiger partial charge in [-0.2, -0.15) is 0 Å². The number of pyridine rings is 1. The molecule has 168 valence electrons. The number of amides is 2. The highest BCUT2D eigenvalue weighted by Crippen LogP contribution is 2.31. The first kappa shape index (κ1) is 24.7. The molecule has 10 heteroatoms. The number of nitrogens with one attached hydrogen (secondary N) is 1. The highest BCUT2D eigenvalue weighted by Gasteiger charge is 2.34. The molecule has 0 radical (unpaired) electrons. The van der Waals surface area contributed by atoms with Gasteiger partial charge in [-0.15, -0.1) is 24.8 Å². The molecule has 3 fully saturated rings. The van der Waals surface area contributed by atoms with E-state index in [0.717, 1.165) is 57.7 Å². The van der Waals surface area contributed by atoms with Crippen LogP contribution in [0, 0.1) is 11.8 Å². The minimum Gasteiger partial charge on any atom is -0.381 e. The molecule has 1 saturated carbocycles. The smallest absolute Gasteiger partial charge is 0.241 e. The molecular formula is C20H31Cl2N5O3. The number of nitrogens with two attached hydrogens (primary N) is 1. The van der Waals surface area contributed by atoms with Crippen molar-refractivity contribution < 1.29 is 14.3 Å². The quantitative estimate of drug-likeness (QED) is 0.694. The molecule has 1 aromatic rings. The SMILES string of the molecule is Cl.Cl.NC(C(=O)Nc1ccc(N2CCN(C(=O)C3CC3)CC2)nc1)C1CCOCC1. The van der Waals surface area contributed by atoms with Crippen LogP contribution in [-0.2, 0) is 14.3 Å². The van der Waals surface area contributed by atoms with Gasteiger partial charge in [-0.25, -0.2) is 4.98 Å². The number of piperazine rings is 1. The molecule has 1 unspecified atom stereocenters. The summed E-state index contributed by atoms with van der Waals surface area (Å²) >= 11 is 0. The number of hydrogen-bond donors (Lipinski definition) is 2. The van der Waals surface area contributed by atoms with E-state index in [1.807, 2.05) is 17.0 Å². The number of nitrogens with zero attached hydrogens (tertiary/aromatic N) is 3. The number of carbonyl (C=O) groups excluding carboxylic acids is 2. The number of rotatable bonds is 5. The summed E-state index contributed by atoms with van der Waals surface area (Å²) in [5.41, 5.74) is 6.77. The third-order valence-electron chi connectivity index (χ3n) is 5.93. The number of ether oxygens (including phenoxy) is 1. The minimum atomic E-state index is -0.527. The van der Waals surface area contributed by atoms with Gasteiger partial charge in [0.15, 0.2) is 0 Å². The van der Waals surface area contributed by atoms with E-state index in [1.165, 1.54) is 0 Å². The molecule has 0 aromatic carbocycles. The van der Waals surface area contributed by atoms with Crippen LogP contribution < -0.4 is 16.0 Å². The lowest BCUT2D eigenvalue weighted by Gasteiger charge is -2.35. The minimum absolute atomic E-state index is 0. The Morgan fingerprint density at radius 1 is 1.07 bits per heavy atom. The number of halogens is 2. The van der Waals surface area contributed by atoms with Crippen LogP contribution >= 0.6 is 24.8 Å². The van der Waals surface area contributed by atoms with E-state index in [4.69, 9.17) is 10.5 Å². The zero-order valence-corrected chi connectivity index (χ0v) is 18.6. The molecule has 1 aromatic heterocycles. The fourth-order valence-corrected chi connectivity index (χ4v) is 3.91. The van der Waals surface area contributed by atoms with Crippen molar-refractivity contribution in [3.8, 4) is 0 Å². The second-order valence-corrected chi connectivity index (χ2v) is 7.96. The third-order valence-corrected chi connectivity index (χ3v) is 5.93. The zero-order chi connectivity index (χ0) is 19.5. The van der Waals surface area contributed by atoms with Crippen LogP contribution in [-0.4, -0.2) is 67.1 Å². The molecule has 2 amide bonds. The zero-order valence-electron chi connectivity index (χ0n) is 17.0. The molecular weight excluding hydrogens is 429 g/mol. The van der Waals surface area contributed by atoms with E-state index in [-0.39, 0.29) is 42.6 Å². The van der Waals surface area contributed by atoms with Gasteiger partial charge in [0.2, 0.25) is 11.8 Å². The molecule has 2 aliphatic heterocycles. The van der Waals surface area contributed by atoms with Crippen LogP contribution in [0.4, 0.5) is 11.5 Å². The molecule has 3 heterocycles. The van der Waals surface area contributed by atoms with Crippen molar-refractivity contribution in [3.05, 3.63) is 18.3 Å². The first-order valence-corrected chi connectivity index (χ1v) is 10.3. The van der Waals surface area contributed by atoms with Gasteiger partial charge in [0.25, 0.3) is 0 Å². The predicted octanol–water partition coefficient (Wildman–Crippen LogP) is 1.68. The van der Waals surface area contributed by atoms with Gasteiger partial charge in [-0.05, 0) is 43.7 Å².